The maximum absolute atomic E-state index is 12.7. The predicted molar refractivity (Wildman–Crippen MR) is 123 cm³/mol. The van der Waals surface area contributed by atoms with Crippen LogP contribution in [0.4, 0.5) is 5.82 Å². The van der Waals surface area contributed by atoms with Gasteiger partial charge in [-0.25, -0.2) is 9.97 Å². The van der Waals surface area contributed by atoms with Crippen molar-refractivity contribution < 1.29 is 4.79 Å². The fourth-order valence-electron chi connectivity index (χ4n) is 4.26. The number of aromatic nitrogens is 2. The van der Waals surface area contributed by atoms with Gasteiger partial charge in [-0.2, -0.15) is 5.26 Å². The molecule has 1 atom stereocenters. The average molecular weight is 414 g/mol. The van der Waals surface area contributed by atoms with Crippen LogP contribution in [-0.4, -0.2) is 46.5 Å². The van der Waals surface area contributed by atoms with Crippen molar-refractivity contribution in [1.29, 1.82) is 5.26 Å². The minimum Gasteiger partial charge on any atom is -0.353 e. The molecule has 1 aliphatic heterocycles. The zero-order valence-corrected chi connectivity index (χ0v) is 18.2. The molecule has 6 nitrogen and oxygen atoms in total. The first-order valence-corrected chi connectivity index (χ1v) is 10.8. The summed E-state index contributed by atoms with van der Waals surface area (Å²) in [5.74, 6) is 0.990. The molecular weight excluding hydrogens is 386 g/mol. The molecule has 0 bridgehead atoms. The van der Waals surface area contributed by atoms with Crippen molar-refractivity contribution in [3.8, 4) is 17.3 Å². The van der Waals surface area contributed by atoms with Crippen LogP contribution in [0.2, 0.25) is 0 Å². The monoisotopic (exact) mass is 413 g/mol. The van der Waals surface area contributed by atoms with Crippen LogP contribution >= 0.6 is 0 Å². The van der Waals surface area contributed by atoms with Crippen LogP contribution < -0.4 is 4.90 Å². The Balaban J connectivity index is 1.75. The highest BCUT2D eigenvalue weighted by atomic mass is 16.2. The fraction of sp³-hybridized carbons (Fsp3) is 0.360. The second-order valence-electron chi connectivity index (χ2n) is 8.24. The van der Waals surface area contributed by atoms with E-state index in [1.54, 1.807) is 6.07 Å². The van der Waals surface area contributed by atoms with Gasteiger partial charge in [0.15, 0.2) is 5.82 Å². The molecule has 0 radical (unpaired) electrons. The van der Waals surface area contributed by atoms with Crippen LogP contribution in [0.3, 0.4) is 0 Å². The van der Waals surface area contributed by atoms with Gasteiger partial charge < -0.3 is 9.80 Å². The fourth-order valence-corrected chi connectivity index (χ4v) is 4.26. The first kappa shape index (κ1) is 20.8. The molecule has 0 saturated carbocycles. The maximum Gasteiger partial charge on any atom is 0.225 e. The Hall–Kier alpha value is -3.46. The van der Waals surface area contributed by atoms with Crippen molar-refractivity contribution in [3.05, 3.63) is 54.1 Å². The van der Waals surface area contributed by atoms with Gasteiger partial charge in [0.25, 0.3) is 0 Å². The lowest BCUT2D eigenvalue weighted by Crippen LogP contribution is -2.43. The van der Waals surface area contributed by atoms with Crippen molar-refractivity contribution >= 4 is 22.8 Å². The van der Waals surface area contributed by atoms with E-state index in [4.69, 9.17) is 9.97 Å². The van der Waals surface area contributed by atoms with Crippen LogP contribution in [0.15, 0.2) is 48.5 Å². The van der Waals surface area contributed by atoms with Gasteiger partial charge in [-0.15, -0.1) is 0 Å². The molecule has 1 aliphatic rings. The number of amides is 1. The van der Waals surface area contributed by atoms with Crippen LogP contribution in [0.5, 0.6) is 0 Å². The number of likely N-dealkylation sites (N-methyl/N-ethyl adjacent to an activating group) is 1. The molecule has 31 heavy (non-hydrogen) atoms. The molecule has 1 fully saturated rings. The molecule has 2 aromatic carbocycles. The number of carbonyl (C=O) groups is 1. The number of nitriles is 1. The highest BCUT2D eigenvalue weighted by molar-refractivity contribution is 5.84. The molecule has 158 valence electrons. The van der Waals surface area contributed by atoms with E-state index in [-0.39, 0.29) is 17.9 Å². The minimum absolute atomic E-state index is 0.0151. The van der Waals surface area contributed by atoms with E-state index in [1.165, 1.54) is 0 Å². The number of hydrogen-bond donors (Lipinski definition) is 0. The maximum atomic E-state index is 12.7. The Labute approximate surface area is 183 Å². The van der Waals surface area contributed by atoms with E-state index in [0.717, 1.165) is 47.6 Å². The van der Waals surface area contributed by atoms with E-state index in [1.807, 2.05) is 68.1 Å². The summed E-state index contributed by atoms with van der Waals surface area (Å²) in [5, 5.41) is 9.35. The number of nitrogens with zero attached hydrogens (tertiary/aromatic N) is 5. The Morgan fingerprint density at radius 3 is 2.61 bits per heavy atom. The van der Waals surface area contributed by atoms with E-state index >= 15 is 0 Å². The first-order chi connectivity index (χ1) is 15.0. The minimum atomic E-state index is -0.0151. The van der Waals surface area contributed by atoms with Crippen molar-refractivity contribution in [2.24, 2.45) is 5.92 Å². The summed E-state index contributed by atoms with van der Waals surface area (Å²) in [6, 6.07) is 17.7. The molecule has 0 aliphatic carbocycles. The molecule has 0 N–H and O–H groups in total. The van der Waals surface area contributed by atoms with Crippen LogP contribution in [0.25, 0.3) is 22.3 Å². The summed E-state index contributed by atoms with van der Waals surface area (Å²) in [5.41, 5.74) is 3.91. The van der Waals surface area contributed by atoms with Gasteiger partial charge >= 0.3 is 0 Å². The molecule has 1 amide bonds. The average Bonchev–Trinajstić information content (AvgIpc) is 3.28. The third-order valence-electron chi connectivity index (χ3n) is 5.84. The summed E-state index contributed by atoms with van der Waals surface area (Å²) in [6.07, 6.45) is 0.901. The zero-order valence-electron chi connectivity index (χ0n) is 18.2. The second kappa shape index (κ2) is 8.73. The van der Waals surface area contributed by atoms with Crippen molar-refractivity contribution in [3.63, 3.8) is 0 Å². The van der Waals surface area contributed by atoms with Crippen LogP contribution in [-0.2, 0) is 4.79 Å². The molecule has 1 aromatic heterocycles. The van der Waals surface area contributed by atoms with E-state index in [0.29, 0.717) is 12.1 Å². The molecule has 4 rings (SSSR count). The Bertz CT molecular complexity index is 1150. The van der Waals surface area contributed by atoms with E-state index in [9.17, 15) is 10.1 Å². The highest BCUT2D eigenvalue weighted by Crippen LogP contribution is 2.33. The third kappa shape index (κ3) is 4.09. The van der Waals surface area contributed by atoms with Gasteiger partial charge in [-0.05, 0) is 37.6 Å². The lowest BCUT2D eigenvalue weighted by atomic mass is 10.1. The molecule has 0 spiro atoms. The summed E-state index contributed by atoms with van der Waals surface area (Å²) >= 11 is 0. The highest BCUT2D eigenvalue weighted by Gasteiger charge is 2.32. The number of carbonyl (C=O) groups excluding carboxylic acids is 1. The van der Waals surface area contributed by atoms with Crippen LogP contribution in [0.1, 0.15) is 32.8 Å². The Morgan fingerprint density at radius 1 is 1.19 bits per heavy atom. The number of fused-ring (bicyclic) bond motifs is 1. The quantitative estimate of drug-likeness (QED) is 0.625. The summed E-state index contributed by atoms with van der Waals surface area (Å²) in [7, 11) is 0. The number of para-hydroxylation sites is 2. The van der Waals surface area contributed by atoms with E-state index < -0.39 is 0 Å². The predicted octanol–water partition coefficient (Wildman–Crippen LogP) is 4.25. The zero-order chi connectivity index (χ0) is 22.0. The van der Waals surface area contributed by atoms with E-state index in [2.05, 4.69) is 11.0 Å². The van der Waals surface area contributed by atoms with Gasteiger partial charge in [-0.1, -0.05) is 38.1 Å². The standard InChI is InChI=1S/C25H27N5O/c1-4-30(25(31)17(2)3)20-12-13-29(16-20)24-23(19-9-7-8-18(14-19)15-26)27-21-10-5-6-11-22(21)28-24/h5-11,14,17,20H,4,12-13,16H2,1-3H3. The number of hydrogen-bond acceptors (Lipinski definition) is 5. The SMILES string of the molecule is CCN(C(=O)C(C)C)C1CCN(c2nc3ccccc3nc2-c2cccc(C#N)c2)C1. The van der Waals surface area contributed by atoms with Crippen molar-refractivity contribution in [2.45, 2.75) is 33.2 Å². The lowest BCUT2D eigenvalue weighted by molar-refractivity contribution is -0.136. The molecule has 6 heteroatoms. The van der Waals surface area contributed by atoms with Gasteiger partial charge in [-0.3, -0.25) is 4.79 Å². The second-order valence-corrected chi connectivity index (χ2v) is 8.24. The molecule has 1 saturated heterocycles. The number of benzene rings is 2. The van der Waals surface area contributed by atoms with Gasteiger partial charge in [0, 0.05) is 31.1 Å². The lowest BCUT2D eigenvalue weighted by Gasteiger charge is -2.30. The number of anilines is 1. The summed E-state index contributed by atoms with van der Waals surface area (Å²) in [6.45, 7) is 8.18. The van der Waals surface area contributed by atoms with Gasteiger partial charge in [0.2, 0.25) is 5.91 Å². The largest absolute Gasteiger partial charge is 0.353 e. The van der Waals surface area contributed by atoms with Crippen LogP contribution in [0, 0.1) is 17.2 Å². The Kier molecular flexibility index (Phi) is 5.85. The van der Waals surface area contributed by atoms with Gasteiger partial charge in [0.1, 0.15) is 5.69 Å². The molecule has 2 heterocycles. The van der Waals surface area contributed by atoms with Crippen molar-refractivity contribution in [2.75, 3.05) is 24.5 Å². The summed E-state index contributed by atoms with van der Waals surface area (Å²) < 4.78 is 0. The summed E-state index contributed by atoms with van der Waals surface area (Å²) in [4.78, 5) is 26.8. The molecule has 3 aromatic rings. The molecular formula is C25H27N5O. The smallest absolute Gasteiger partial charge is 0.225 e. The van der Waals surface area contributed by atoms with Gasteiger partial charge in [0.05, 0.1) is 28.7 Å². The molecule has 1 unspecified atom stereocenters. The normalized spacial score (nSPS) is 16.0. The van der Waals surface area contributed by atoms with Crippen molar-refractivity contribution in [1.82, 2.24) is 14.9 Å². The first-order valence-electron chi connectivity index (χ1n) is 10.8. The Morgan fingerprint density at radius 2 is 1.94 bits per heavy atom. The third-order valence-corrected chi connectivity index (χ3v) is 5.84. The number of rotatable bonds is 5. The topological polar surface area (TPSA) is 73.1 Å².